The predicted molar refractivity (Wildman–Crippen MR) is 73.1 cm³/mol. The first-order valence-electron chi connectivity index (χ1n) is 5.55. The van der Waals surface area contributed by atoms with Crippen LogP contribution in [-0.4, -0.2) is 4.92 Å². The van der Waals surface area contributed by atoms with Gasteiger partial charge in [0.25, 0.3) is 5.69 Å². The van der Waals surface area contributed by atoms with Gasteiger partial charge in [-0.05, 0) is 13.0 Å². The third kappa shape index (κ3) is 2.30. The van der Waals surface area contributed by atoms with Crippen LogP contribution < -0.4 is 5.63 Å². The van der Waals surface area contributed by atoms with Gasteiger partial charge in [0.05, 0.1) is 10.3 Å². The molecule has 0 amide bonds. The van der Waals surface area contributed by atoms with Crippen molar-refractivity contribution < 1.29 is 9.34 Å². The van der Waals surface area contributed by atoms with Crippen molar-refractivity contribution in [3.8, 4) is 0 Å². The summed E-state index contributed by atoms with van der Waals surface area (Å²) in [6.45, 7) is 5.24. The van der Waals surface area contributed by atoms with Gasteiger partial charge in [-0.2, -0.15) is 0 Å². The second kappa shape index (κ2) is 4.89. The molecule has 96 valence electrons. The molecular weight excluding hydrogens is 246 g/mol. The topological polar surface area (TPSA) is 73.3 Å². The molecule has 0 aliphatic rings. The maximum absolute atomic E-state index is 11.8. The molecule has 0 radical (unpaired) electrons. The molecule has 0 unspecified atom stereocenters. The maximum atomic E-state index is 11.8. The molecule has 1 heterocycles. The Labute approximate surface area is 108 Å². The quantitative estimate of drug-likeness (QED) is 0.480. The Morgan fingerprint density at radius 1 is 1.37 bits per heavy atom. The molecule has 0 aliphatic heterocycles. The zero-order valence-electron chi connectivity index (χ0n) is 10.3. The van der Waals surface area contributed by atoms with Crippen molar-refractivity contribution in [2.24, 2.45) is 0 Å². The van der Waals surface area contributed by atoms with Crippen LogP contribution in [0.25, 0.3) is 16.8 Å². The Bertz CT molecular complexity index is 756. The zero-order valence-corrected chi connectivity index (χ0v) is 10.3. The van der Waals surface area contributed by atoms with Crippen LogP contribution in [-0.2, 0) is 0 Å². The van der Waals surface area contributed by atoms with Gasteiger partial charge in [0.15, 0.2) is 0 Å². The number of nitro groups is 1. The Morgan fingerprint density at radius 3 is 2.74 bits per heavy atom. The van der Waals surface area contributed by atoms with Gasteiger partial charge < -0.3 is 4.42 Å². The van der Waals surface area contributed by atoms with E-state index in [1.54, 1.807) is 31.2 Å². The van der Waals surface area contributed by atoms with Gasteiger partial charge in [-0.25, -0.2) is 4.79 Å². The highest BCUT2D eigenvalue weighted by Gasteiger charge is 2.13. The summed E-state index contributed by atoms with van der Waals surface area (Å²) in [7, 11) is 0. The molecule has 0 fully saturated rings. The van der Waals surface area contributed by atoms with Crippen molar-refractivity contribution in [2.45, 2.75) is 6.92 Å². The SMILES string of the molecule is C=C/C=C\c1c(C)oc(=O)c2cc([N+](=O)[O-])ccc12. The fourth-order valence-electron chi connectivity index (χ4n) is 1.86. The van der Waals surface area contributed by atoms with E-state index >= 15 is 0 Å². The molecule has 5 nitrogen and oxygen atoms in total. The zero-order chi connectivity index (χ0) is 14.0. The smallest absolute Gasteiger partial charge is 0.344 e. The van der Waals surface area contributed by atoms with Crippen molar-refractivity contribution in [1.82, 2.24) is 0 Å². The predicted octanol–water partition coefficient (Wildman–Crippen LogP) is 3.21. The Balaban J connectivity index is 2.84. The number of rotatable bonds is 3. The summed E-state index contributed by atoms with van der Waals surface area (Å²) in [5, 5.41) is 11.5. The van der Waals surface area contributed by atoms with E-state index in [0.29, 0.717) is 16.7 Å². The molecule has 0 spiro atoms. The van der Waals surface area contributed by atoms with Crippen LogP contribution in [0.5, 0.6) is 0 Å². The number of hydrogen-bond acceptors (Lipinski definition) is 4. The van der Waals surface area contributed by atoms with E-state index in [1.165, 1.54) is 12.1 Å². The Hall–Kier alpha value is -2.69. The average molecular weight is 257 g/mol. The third-order valence-corrected chi connectivity index (χ3v) is 2.75. The van der Waals surface area contributed by atoms with E-state index in [0.717, 1.165) is 0 Å². The fraction of sp³-hybridized carbons (Fsp3) is 0.0714. The Morgan fingerprint density at radius 2 is 2.11 bits per heavy atom. The molecule has 0 N–H and O–H groups in total. The summed E-state index contributed by atoms with van der Waals surface area (Å²) in [6, 6.07) is 4.15. The standard InChI is InChI=1S/C14H11NO4/c1-3-4-5-11-9(2)19-14(16)13-8-10(15(17)18)6-7-12(11)13/h3-8H,1H2,2H3/b5-4-. The number of benzene rings is 1. The van der Waals surface area contributed by atoms with Gasteiger partial charge in [0.1, 0.15) is 5.76 Å². The van der Waals surface area contributed by atoms with E-state index in [4.69, 9.17) is 4.42 Å². The van der Waals surface area contributed by atoms with E-state index < -0.39 is 10.5 Å². The number of non-ortho nitro benzene ring substituents is 1. The van der Waals surface area contributed by atoms with E-state index in [2.05, 4.69) is 6.58 Å². The van der Waals surface area contributed by atoms with Gasteiger partial charge in [0, 0.05) is 23.1 Å². The summed E-state index contributed by atoms with van der Waals surface area (Å²) < 4.78 is 5.09. The third-order valence-electron chi connectivity index (χ3n) is 2.75. The number of nitro benzene ring substituents is 1. The van der Waals surface area contributed by atoms with Crippen LogP contribution in [0.1, 0.15) is 11.3 Å². The fourth-order valence-corrected chi connectivity index (χ4v) is 1.86. The molecule has 0 aliphatic carbocycles. The lowest BCUT2D eigenvalue weighted by Crippen LogP contribution is -2.03. The summed E-state index contributed by atoms with van der Waals surface area (Å²) >= 11 is 0. The number of hydrogen-bond donors (Lipinski definition) is 0. The lowest BCUT2D eigenvalue weighted by Gasteiger charge is -2.04. The van der Waals surface area contributed by atoms with E-state index in [1.807, 2.05) is 0 Å². The van der Waals surface area contributed by atoms with Gasteiger partial charge in [-0.3, -0.25) is 10.1 Å². The van der Waals surface area contributed by atoms with Crippen molar-refractivity contribution in [3.63, 3.8) is 0 Å². The molecule has 19 heavy (non-hydrogen) atoms. The minimum Gasteiger partial charge on any atom is -0.427 e. The van der Waals surface area contributed by atoms with Crippen molar-refractivity contribution >= 4 is 22.5 Å². The van der Waals surface area contributed by atoms with Gasteiger partial charge in [0.2, 0.25) is 0 Å². The highest BCUT2D eigenvalue weighted by Crippen LogP contribution is 2.24. The highest BCUT2D eigenvalue weighted by atomic mass is 16.6. The first kappa shape index (κ1) is 12.8. The molecular formula is C14H11NO4. The lowest BCUT2D eigenvalue weighted by molar-refractivity contribution is -0.384. The number of nitrogens with zero attached hydrogens (tertiary/aromatic N) is 1. The monoisotopic (exact) mass is 257 g/mol. The van der Waals surface area contributed by atoms with Crippen molar-refractivity contribution in [1.29, 1.82) is 0 Å². The van der Waals surface area contributed by atoms with Crippen molar-refractivity contribution in [2.75, 3.05) is 0 Å². The summed E-state index contributed by atoms with van der Waals surface area (Å²) in [5.41, 5.74) is -0.00125. The maximum Gasteiger partial charge on any atom is 0.344 e. The normalized spacial score (nSPS) is 11.0. The molecule has 0 saturated heterocycles. The highest BCUT2D eigenvalue weighted by molar-refractivity contribution is 5.91. The number of fused-ring (bicyclic) bond motifs is 1. The van der Waals surface area contributed by atoms with Crippen LogP contribution in [0, 0.1) is 17.0 Å². The molecule has 0 saturated carbocycles. The second-order valence-corrected chi connectivity index (χ2v) is 3.94. The van der Waals surface area contributed by atoms with Crippen LogP contribution in [0.2, 0.25) is 0 Å². The molecule has 2 aromatic rings. The van der Waals surface area contributed by atoms with Crippen molar-refractivity contribution in [3.05, 3.63) is 68.8 Å². The minimum atomic E-state index is -0.577. The van der Waals surface area contributed by atoms with Gasteiger partial charge in [-0.1, -0.05) is 24.8 Å². The Kier molecular flexibility index (Phi) is 3.29. The lowest BCUT2D eigenvalue weighted by atomic mass is 10.0. The van der Waals surface area contributed by atoms with Crippen LogP contribution in [0.3, 0.4) is 0 Å². The van der Waals surface area contributed by atoms with Crippen LogP contribution in [0.4, 0.5) is 5.69 Å². The largest absolute Gasteiger partial charge is 0.427 e. The van der Waals surface area contributed by atoms with Crippen LogP contribution in [0.15, 0.2) is 46.1 Å². The summed E-state index contributed by atoms with van der Waals surface area (Å²) in [4.78, 5) is 21.9. The molecule has 0 bridgehead atoms. The minimum absolute atomic E-state index is 0.137. The van der Waals surface area contributed by atoms with E-state index in [-0.39, 0.29) is 11.1 Å². The van der Waals surface area contributed by atoms with Crippen LogP contribution >= 0.6 is 0 Å². The van der Waals surface area contributed by atoms with Gasteiger partial charge >= 0.3 is 5.63 Å². The second-order valence-electron chi connectivity index (χ2n) is 3.94. The number of aryl methyl sites for hydroxylation is 1. The van der Waals surface area contributed by atoms with E-state index in [9.17, 15) is 14.9 Å². The molecule has 5 heteroatoms. The number of allylic oxidation sites excluding steroid dienone is 2. The molecule has 2 rings (SSSR count). The molecule has 0 atom stereocenters. The average Bonchev–Trinajstić information content (AvgIpc) is 2.38. The summed E-state index contributed by atoms with van der Waals surface area (Å²) in [6.07, 6.45) is 5.06. The summed E-state index contributed by atoms with van der Waals surface area (Å²) in [5.74, 6) is 0.462. The first-order chi connectivity index (χ1) is 9.04. The molecule has 1 aromatic carbocycles. The first-order valence-corrected chi connectivity index (χ1v) is 5.55. The van der Waals surface area contributed by atoms with Gasteiger partial charge in [-0.15, -0.1) is 0 Å². The molecule has 1 aromatic heterocycles.